The van der Waals surface area contributed by atoms with Crippen molar-refractivity contribution in [3.8, 4) is 0 Å². The molecule has 2 heteroatoms. The van der Waals surface area contributed by atoms with Crippen LogP contribution in [0.3, 0.4) is 0 Å². The van der Waals surface area contributed by atoms with Gasteiger partial charge in [-0.05, 0) is 45.3 Å². The normalized spacial score (nSPS) is 15.1. The first-order chi connectivity index (χ1) is 7.67. The average Bonchev–Trinajstić information content (AvgIpc) is 2.28. The van der Waals surface area contributed by atoms with Gasteiger partial charge in [-0.25, -0.2) is 0 Å². The molecule has 2 nitrogen and oxygen atoms in total. The van der Waals surface area contributed by atoms with Crippen LogP contribution in [0.25, 0.3) is 0 Å². The lowest BCUT2D eigenvalue weighted by Crippen LogP contribution is -2.41. The molecule has 0 aliphatic rings. The van der Waals surface area contributed by atoms with Gasteiger partial charge in [0.15, 0.2) is 0 Å². The van der Waals surface area contributed by atoms with E-state index in [4.69, 9.17) is 0 Å². The highest BCUT2D eigenvalue weighted by atomic mass is 15.1. The van der Waals surface area contributed by atoms with Gasteiger partial charge in [0.2, 0.25) is 0 Å². The topological polar surface area (TPSA) is 15.3 Å². The van der Waals surface area contributed by atoms with E-state index in [1.807, 2.05) is 6.08 Å². The zero-order valence-electron chi connectivity index (χ0n) is 11.6. The van der Waals surface area contributed by atoms with E-state index in [9.17, 15) is 0 Å². The maximum absolute atomic E-state index is 3.84. The second-order valence-corrected chi connectivity index (χ2v) is 4.71. The summed E-state index contributed by atoms with van der Waals surface area (Å²) in [6.07, 6.45) is 4.44. The van der Waals surface area contributed by atoms with Crippen LogP contribution in [-0.4, -0.2) is 37.1 Å². The molecule has 0 radical (unpaired) electrons. The molecule has 0 aromatic rings. The van der Waals surface area contributed by atoms with Crippen molar-refractivity contribution in [2.45, 2.75) is 46.6 Å². The summed E-state index contributed by atoms with van der Waals surface area (Å²) in [7, 11) is 0. The smallest absolute Gasteiger partial charge is 0.0163 e. The van der Waals surface area contributed by atoms with Gasteiger partial charge in [-0.15, -0.1) is 6.58 Å². The van der Waals surface area contributed by atoms with Gasteiger partial charge < -0.3 is 5.32 Å². The Labute approximate surface area is 102 Å². The molecule has 0 aliphatic carbocycles. The molecule has 1 N–H and O–H groups in total. The highest BCUT2D eigenvalue weighted by molar-refractivity contribution is 4.80. The van der Waals surface area contributed by atoms with E-state index in [1.54, 1.807) is 0 Å². The Hall–Kier alpha value is -0.340. The van der Waals surface area contributed by atoms with Gasteiger partial charge in [-0.3, -0.25) is 4.90 Å². The van der Waals surface area contributed by atoms with Gasteiger partial charge >= 0.3 is 0 Å². The summed E-state index contributed by atoms with van der Waals surface area (Å²) < 4.78 is 0. The molecule has 0 aromatic carbocycles. The molecule has 0 heterocycles. The van der Waals surface area contributed by atoms with Crippen LogP contribution in [-0.2, 0) is 0 Å². The molecule has 0 amide bonds. The van der Waals surface area contributed by atoms with E-state index in [0.29, 0.717) is 12.0 Å². The quantitative estimate of drug-likeness (QED) is 0.455. The molecule has 0 bridgehead atoms. The summed E-state index contributed by atoms with van der Waals surface area (Å²) in [5.74, 6) is 0.693. The van der Waals surface area contributed by atoms with Crippen LogP contribution in [0, 0.1) is 5.92 Å². The van der Waals surface area contributed by atoms with Crippen molar-refractivity contribution >= 4 is 0 Å². The summed E-state index contributed by atoms with van der Waals surface area (Å²) in [6.45, 7) is 17.4. The minimum atomic E-state index is 0.627. The average molecular weight is 226 g/mol. The highest BCUT2D eigenvalue weighted by Gasteiger charge is 2.17. The van der Waals surface area contributed by atoms with Crippen LogP contribution < -0.4 is 5.32 Å². The first-order valence-corrected chi connectivity index (χ1v) is 6.72. The van der Waals surface area contributed by atoms with Crippen molar-refractivity contribution < 1.29 is 0 Å². The van der Waals surface area contributed by atoms with Crippen LogP contribution in [0.1, 0.15) is 40.5 Å². The maximum Gasteiger partial charge on any atom is 0.0163 e. The molecule has 0 aromatic heterocycles. The predicted molar refractivity (Wildman–Crippen MR) is 73.8 cm³/mol. The zero-order chi connectivity index (χ0) is 12.4. The standard InChI is InChI=1S/C14H30N2/c1-6-9-15-12-13(4)14(5)16(10-7-2)11-8-3/h7,13-15H,2,6,8-12H2,1,3-5H3. The molecular weight excluding hydrogens is 196 g/mol. The van der Waals surface area contributed by atoms with Crippen LogP contribution >= 0.6 is 0 Å². The van der Waals surface area contributed by atoms with E-state index in [2.05, 4.69) is 44.5 Å². The van der Waals surface area contributed by atoms with Crippen molar-refractivity contribution in [1.82, 2.24) is 10.2 Å². The molecule has 0 aliphatic heterocycles. The molecular formula is C14H30N2. The molecule has 2 unspecified atom stereocenters. The van der Waals surface area contributed by atoms with Gasteiger partial charge in [0.25, 0.3) is 0 Å². The largest absolute Gasteiger partial charge is 0.316 e. The summed E-state index contributed by atoms with van der Waals surface area (Å²) >= 11 is 0. The lowest BCUT2D eigenvalue weighted by Gasteiger charge is -2.32. The zero-order valence-corrected chi connectivity index (χ0v) is 11.6. The number of nitrogens with zero attached hydrogens (tertiary/aromatic N) is 1. The van der Waals surface area contributed by atoms with Crippen molar-refractivity contribution in [2.24, 2.45) is 5.92 Å². The monoisotopic (exact) mass is 226 g/mol. The van der Waals surface area contributed by atoms with Crippen LogP contribution in [0.2, 0.25) is 0 Å². The lowest BCUT2D eigenvalue weighted by molar-refractivity contribution is 0.176. The molecule has 16 heavy (non-hydrogen) atoms. The number of rotatable bonds is 10. The summed E-state index contributed by atoms with van der Waals surface area (Å²) in [5, 5.41) is 3.50. The van der Waals surface area contributed by atoms with Gasteiger partial charge in [-0.1, -0.05) is 26.8 Å². The summed E-state index contributed by atoms with van der Waals surface area (Å²) in [4.78, 5) is 2.52. The van der Waals surface area contributed by atoms with Gasteiger partial charge in [0, 0.05) is 12.6 Å². The third-order valence-corrected chi connectivity index (χ3v) is 3.17. The summed E-state index contributed by atoms with van der Waals surface area (Å²) in [5.41, 5.74) is 0. The number of nitrogens with one attached hydrogen (secondary N) is 1. The maximum atomic E-state index is 3.84. The third kappa shape index (κ3) is 6.29. The molecule has 0 spiro atoms. The van der Waals surface area contributed by atoms with Crippen LogP contribution in [0.4, 0.5) is 0 Å². The predicted octanol–water partition coefficient (Wildman–Crippen LogP) is 2.91. The first-order valence-electron chi connectivity index (χ1n) is 6.72. The second kappa shape index (κ2) is 9.86. The van der Waals surface area contributed by atoms with Crippen molar-refractivity contribution in [2.75, 3.05) is 26.2 Å². The molecule has 96 valence electrons. The molecule has 0 fully saturated rings. The van der Waals surface area contributed by atoms with Gasteiger partial charge in [-0.2, -0.15) is 0 Å². The van der Waals surface area contributed by atoms with E-state index >= 15 is 0 Å². The Bertz CT molecular complexity index is 168. The fraction of sp³-hybridized carbons (Fsp3) is 0.857. The van der Waals surface area contributed by atoms with Crippen molar-refractivity contribution in [3.05, 3.63) is 12.7 Å². The lowest BCUT2D eigenvalue weighted by atomic mass is 10.0. The Kier molecular flexibility index (Phi) is 9.65. The molecule has 0 saturated heterocycles. The van der Waals surface area contributed by atoms with Crippen molar-refractivity contribution in [1.29, 1.82) is 0 Å². The van der Waals surface area contributed by atoms with E-state index in [1.165, 1.54) is 19.4 Å². The number of hydrogen-bond donors (Lipinski definition) is 1. The Morgan fingerprint density at radius 1 is 1.25 bits per heavy atom. The van der Waals surface area contributed by atoms with E-state index < -0.39 is 0 Å². The van der Waals surface area contributed by atoms with E-state index in [0.717, 1.165) is 19.6 Å². The fourth-order valence-corrected chi connectivity index (χ4v) is 1.95. The third-order valence-electron chi connectivity index (χ3n) is 3.17. The summed E-state index contributed by atoms with van der Waals surface area (Å²) in [6, 6.07) is 0.627. The Balaban J connectivity index is 4.02. The Morgan fingerprint density at radius 2 is 1.94 bits per heavy atom. The minimum Gasteiger partial charge on any atom is -0.316 e. The SMILES string of the molecule is C=CCN(CCC)C(C)C(C)CNCCC. The molecule has 2 atom stereocenters. The van der Waals surface area contributed by atoms with Crippen LogP contribution in [0.5, 0.6) is 0 Å². The number of hydrogen-bond acceptors (Lipinski definition) is 2. The van der Waals surface area contributed by atoms with E-state index in [-0.39, 0.29) is 0 Å². The van der Waals surface area contributed by atoms with Crippen LogP contribution in [0.15, 0.2) is 12.7 Å². The fourth-order valence-electron chi connectivity index (χ4n) is 1.95. The van der Waals surface area contributed by atoms with Crippen molar-refractivity contribution in [3.63, 3.8) is 0 Å². The Morgan fingerprint density at radius 3 is 2.44 bits per heavy atom. The van der Waals surface area contributed by atoms with Gasteiger partial charge in [0.05, 0.1) is 0 Å². The minimum absolute atomic E-state index is 0.627. The first kappa shape index (κ1) is 15.7. The highest BCUT2D eigenvalue weighted by Crippen LogP contribution is 2.10. The molecule has 0 saturated carbocycles. The van der Waals surface area contributed by atoms with Gasteiger partial charge in [0.1, 0.15) is 0 Å². The molecule has 0 rings (SSSR count). The second-order valence-electron chi connectivity index (χ2n) is 4.71.